The Labute approximate surface area is 418 Å². The van der Waals surface area contributed by atoms with Crippen LogP contribution in [0.2, 0.25) is 0 Å². The fourth-order valence-corrected chi connectivity index (χ4v) is 9.33. The maximum atomic E-state index is 12.8. The Hall–Kier alpha value is -1.86. The van der Waals surface area contributed by atoms with Crippen molar-refractivity contribution >= 4 is 27.6 Å². The Kier molecular flexibility index (Phi) is 39.2. The van der Waals surface area contributed by atoms with Crippen LogP contribution in [0, 0.1) is 0 Å². The minimum Gasteiger partial charge on any atom is -0.462 e. The number of phosphoric ester groups is 2. The van der Waals surface area contributed by atoms with Crippen molar-refractivity contribution in [1.82, 2.24) is 0 Å². The summed E-state index contributed by atoms with van der Waals surface area (Å²) < 4.78 is 54.3. The highest BCUT2D eigenvalue weighted by Gasteiger charge is 2.54. The summed E-state index contributed by atoms with van der Waals surface area (Å²) in [6, 6.07) is 0. The molecule has 9 atom stereocenters. The van der Waals surface area contributed by atoms with Gasteiger partial charge >= 0.3 is 27.6 Å². The quantitative estimate of drug-likeness (QED) is 0.0122. The number of aliphatic hydroxyl groups is 5. The predicted molar refractivity (Wildman–Crippen MR) is 267 cm³/mol. The zero-order valence-electron chi connectivity index (χ0n) is 42.3. The summed E-state index contributed by atoms with van der Waals surface area (Å²) in [5, 5.41) is 51.3. The first-order chi connectivity index (χ1) is 33.5. The number of hydrogen-bond donors (Lipinski definition) is 8. The summed E-state index contributed by atoms with van der Waals surface area (Å²) in [6.45, 7) is 2.37. The predicted octanol–water partition coefficient (Wildman–Crippen LogP) is 8.89. The van der Waals surface area contributed by atoms with Gasteiger partial charge in [0.15, 0.2) is 6.10 Å². The van der Waals surface area contributed by atoms with Gasteiger partial charge in [0.25, 0.3) is 0 Å². The van der Waals surface area contributed by atoms with Crippen LogP contribution >= 0.6 is 15.6 Å². The minimum absolute atomic E-state index is 0.0853. The van der Waals surface area contributed by atoms with Crippen molar-refractivity contribution in [3.05, 3.63) is 36.5 Å². The number of ether oxygens (including phenoxy) is 3. The molecule has 0 aromatic carbocycles. The molecular weight excluding hydrogens is 950 g/mol. The lowest BCUT2D eigenvalue weighted by molar-refractivity contribution is -0.216. The lowest BCUT2D eigenvalue weighted by Gasteiger charge is -2.43. The van der Waals surface area contributed by atoms with E-state index in [-0.39, 0.29) is 26.1 Å². The number of phosphoric acid groups is 2. The third kappa shape index (κ3) is 35.3. The molecule has 8 N–H and O–H groups in total. The molecule has 1 rings (SSSR count). The molecule has 410 valence electrons. The summed E-state index contributed by atoms with van der Waals surface area (Å²) in [5.74, 6) is -1.00. The molecule has 20 heteroatoms. The minimum atomic E-state index is -5.37. The molecule has 0 spiro atoms. The molecule has 0 heterocycles. The van der Waals surface area contributed by atoms with Gasteiger partial charge in [0.1, 0.15) is 49.3 Å². The van der Waals surface area contributed by atoms with Gasteiger partial charge in [0.2, 0.25) is 0 Å². The summed E-state index contributed by atoms with van der Waals surface area (Å²) >= 11 is 0. The van der Waals surface area contributed by atoms with Gasteiger partial charge in [-0.3, -0.25) is 23.2 Å². The third-order valence-corrected chi connectivity index (χ3v) is 13.3. The number of hydrogen-bond acceptors (Lipinski definition) is 15. The number of carbonyl (C=O) groups excluding carboxylic acids is 2. The van der Waals surface area contributed by atoms with Crippen LogP contribution in [-0.4, -0.2) is 127 Å². The monoisotopic (exact) mass is 1040 g/mol. The van der Waals surface area contributed by atoms with Crippen molar-refractivity contribution in [3.8, 4) is 0 Å². The first-order valence-electron chi connectivity index (χ1n) is 26.2. The fourth-order valence-electron chi connectivity index (χ4n) is 7.78. The molecule has 0 saturated heterocycles. The summed E-state index contributed by atoms with van der Waals surface area (Å²) in [7, 11) is -10.6. The van der Waals surface area contributed by atoms with Gasteiger partial charge in [-0.2, -0.15) is 0 Å². The van der Waals surface area contributed by atoms with E-state index in [1.165, 1.54) is 109 Å². The van der Waals surface area contributed by atoms with Gasteiger partial charge in [-0.05, 0) is 44.9 Å². The van der Waals surface area contributed by atoms with Gasteiger partial charge in [0.05, 0.1) is 19.8 Å². The van der Waals surface area contributed by atoms with Gasteiger partial charge < -0.3 is 54.4 Å². The van der Waals surface area contributed by atoms with E-state index in [1.807, 2.05) is 12.2 Å². The van der Waals surface area contributed by atoms with Crippen LogP contribution in [0.5, 0.6) is 0 Å². The van der Waals surface area contributed by atoms with Crippen LogP contribution in [0.1, 0.15) is 194 Å². The normalized spacial score (nSPS) is 21.7. The van der Waals surface area contributed by atoms with Crippen LogP contribution in [0.4, 0.5) is 0 Å². The molecule has 1 fully saturated rings. The van der Waals surface area contributed by atoms with E-state index in [4.69, 9.17) is 33.0 Å². The fraction of sp³-hybridized carbons (Fsp3) is 0.840. The highest BCUT2D eigenvalue weighted by molar-refractivity contribution is 7.47. The van der Waals surface area contributed by atoms with Crippen molar-refractivity contribution in [1.29, 1.82) is 0 Å². The van der Waals surface area contributed by atoms with E-state index < -0.39 is 89.6 Å². The number of esters is 2. The molecule has 1 aliphatic rings. The lowest BCUT2D eigenvalue weighted by atomic mass is 9.85. The Morgan fingerprint density at radius 2 is 0.943 bits per heavy atom. The van der Waals surface area contributed by atoms with Crippen molar-refractivity contribution in [3.63, 3.8) is 0 Å². The third-order valence-electron chi connectivity index (χ3n) is 11.8. The average Bonchev–Trinajstić information content (AvgIpc) is 3.31. The Morgan fingerprint density at radius 1 is 0.500 bits per heavy atom. The van der Waals surface area contributed by atoms with Gasteiger partial charge in [-0.25, -0.2) is 9.13 Å². The van der Waals surface area contributed by atoms with E-state index in [9.17, 15) is 49.1 Å². The van der Waals surface area contributed by atoms with Crippen LogP contribution in [0.15, 0.2) is 36.5 Å². The second-order valence-electron chi connectivity index (χ2n) is 18.4. The van der Waals surface area contributed by atoms with Crippen molar-refractivity contribution in [2.75, 3.05) is 26.4 Å². The van der Waals surface area contributed by atoms with Gasteiger partial charge in [-0.1, -0.05) is 172 Å². The standard InChI is InChI=1S/C50H92O18P2/c1-3-5-7-9-11-13-15-17-19-20-22-24-26-28-30-32-34-36-44(53)66-42(40-64-43(52)35-33-31-29-27-25-23-21-18-16-14-12-10-8-6-4-2)39-63-37-41(51)38-65-70(61,62)68-50-47(56)45(54)46(55)49(48(50)57)67-69(58,59)60/h17,19,22,24,28,30,41-42,45-51,54-57H,3-16,18,20-21,23,25-27,29,31-40H2,1-2H3,(H,61,62)(H2,58,59,60)/t41-,42+,45?,46?,47?,48?,49-,50+/m1/s1. The lowest BCUT2D eigenvalue weighted by Crippen LogP contribution is -2.64. The number of allylic oxidation sites excluding steroid dienone is 6. The zero-order chi connectivity index (χ0) is 51.9. The first-order valence-corrected chi connectivity index (χ1v) is 29.2. The molecule has 0 amide bonds. The van der Waals surface area contributed by atoms with E-state index in [2.05, 4.69) is 42.7 Å². The van der Waals surface area contributed by atoms with Crippen LogP contribution in [0.3, 0.4) is 0 Å². The summed E-state index contributed by atoms with van der Waals surface area (Å²) in [5.41, 5.74) is 0. The molecule has 18 nitrogen and oxygen atoms in total. The maximum Gasteiger partial charge on any atom is 0.472 e. The molecule has 70 heavy (non-hydrogen) atoms. The van der Waals surface area contributed by atoms with Crippen molar-refractivity contribution in [2.24, 2.45) is 0 Å². The number of rotatable bonds is 45. The highest BCUT2D eigenvalue weighted by Crippen LogP contribution is 2.48. The Morgan fingerprint density at radius 3 is 1.46 bits per heavy atom. The largest absolute Gasteiger partial charge is 0.472 e. The van der Waals surface area contributed by atoms with Crippen molar-refractivity contribution in [2.45, 2.75) is 242 Å². The van der Waals surface area contributed by atoms with Crippen LogP contribution in [-0.2, 0) is 46.5 Å². The van der Waals surface area contributed by atoms with Crippen LogP contribution < -0.4 is 0 Å². The molecule has 0 bridgehead atoms. The molecular formula is C50H92O18P2. The maximum absolute atomic E-state index is 12.8. The number of unbranched alkanes of at least 4 members (excludes halogenated alkanes) is 21. The molecule has 0 aromatic heterocycles. The smallest absolute Gasteiger partial charge is 0.462 e. The van der Waals surface area contributed by atoms with E-state index >= 15 is 0 Å². The molecule has 0 aliphatic heterocycles. The molecule has 0 radical (unpaired) electrons. The SMILES string of the molecule is CCCCCCCCC=CCC=CCC=CCCCC(=O)O[C@@H](COC[C@@H](O)COP(=O)(O)O[C@H]1C(O)C(O)C(O)[C@@H](OP(=O)(O)O)C1O)COC(=O)CCCCCCCCCCCCCCCCC. The molecule has 1 saturated carbocycles. The highest BCUT2D eigenvalue weighted by atomic mass is 31.2. The van der Waals surface area contributed by atoms with Crippen molar-refractivity contribution < 1.29 is 86.7 Å². The van der Waals surface area contributed by atoms with Crippen LogP contribution in [0.25, 0.3) is 0 Å². The average molecular weight is 1040 g/mol. The van der Waals surface area contributed by atoms with Gasteiger partial charge in [-0.15, -0.1) is 0 Å². The van der Waals surface area contributed by atoms with E-state index in [0.717, 1.165) is 38.5 Å². The van der Waals surface area contributed by atoms with E-state index in [1.54, 1.807) is 0 Å². The second kappa shape index (κ2) is 41.5. The Balaban J connectivity index is 2.57. The summed E-state index contributed by atoms with van der Waals surface area (Å²) in [4.78, 5) is 53.9. The number of carbonyl (C=O) groups is 2. The topological polar surface area (TPSA) is 285 Å². The zero-order valence-corrected chi connectivity index (χ0v) is 44.1. The summed E-state index contributed by atoms with van der Waals surface area (Å²) in [6.07, 6.45) is 26.4. The Bertz CT molecular complexity index is 1510. The molecule has 5 unspecified atom stereocenters. The molecule has 1 aliphatic carbocycles. The first kappa shape index (κ1) is 66.2. The second-order valence-corrected chi connectivity index (χ2v) is 21.0. The number of aliphatic hydroxyl groups excluding tert-OH is 5. The van der Waals surface area contributed by atoms with Gasteiger partial charge in [0, 0.05) is 12.8 Å². The molecule has 0 aromatic rings. The van der Waals surface area contributed by atoms with E-state index in [0.29, 0.717) is 19.3 Å².